The van der Waals surface area contributed by atoms with Crippen molar-refractivity contribution in [2.24, 2.45) is 0 Å². The summed E-state index contributed by atoms with van der Waals surface area (Å²) in [5, 5.41) is 0.652. The van der Waals surface area contributed by atoms with E-state index in [0.29, 0.717) is 5.02 Å². The van der Waals surface area contributed by atoms with E-state index in [9.17, 15) is 0 Å². The lowest BCUT2D eigenvalue weighted by Gasteiger charge is -2.20. The van der Waals surface area contributed by atoms with Gasteiger partial charge in [0.05, 0.1) is 10.7 Å². The van der Waals surface area contributed by atoms with Crippen molar-refractivity contribution in [3.8, 4) is 0 Å². The second-order valence-electron chi connectivity index (χ2n) is 3.93. The Kier molecular flexibility index (Phi) is 3.49. The van der Waals surface area contributed by atoms with Crippen LogP contribution in [0.2, 0.25) is 5.02 Å². The van der Waals surface area contributed by atoms with E-state index in [2.05, 4.69) is 9.88 Å². The minimum Gasteiger partial charge on any atom is -0.399 e. The minimum atomic E-state index is 0.652. The van der Waals surface area contributed by atoms with Crippen LogP contribution in [-0.4, -0.2) is 12.0 Å². The summed E-state index contributed by atoms with van der Waals surface area (Å²) in [5.41, 5.74) is 8.64. The molecule has 88 valence electrons. The van der Waals surface area contributed by atoms with Gasteiger partial charge in [-0.2, -0.15) is 0 Å². The predicted octanol–water partition coefficient (Wildman–Crippen LogP) is 2.95. The second kappa shape index (κ2) is 5.06. The summed E-state index contributed by atoms with van der Waals surface area (Å²) in [4.78, 5) is 6.04. The number of rotatable bonds is 3. The molecule has 0 amide bonds. The number of nitrogens with two attached hydrogens (primary N) is 1. The number of anilines is 2. The summed E-state index contributed by atoms with van der Waals surface area (Å²) >= 11 is 6.09. The van der Waals surface area contributed by atoms with Crippen LogP contribution in [0.3, 0.4) is 0 Å². The van der Waals surface area contributed by atoms with Crippen LogP contribution >= 0.6 is 11.6 Å². The van der Waals surface area contributed by atoms with Crippen LogP contribution in [-0.2, 0) is 6.54 Å². The average molecular weight is 248 g/mol. The van der Waals surface area contributed by atoms with Crippen molar-refractivity contribution in [2.75, 3.05) is 17.7 Å². The first kappa shape index (κ1) is 11.7. The van der Waals surface area contributed by atoms with Gasteiger partial charge in [-0.3, -0.25) is 4.98 Å². The van der Waals surface area contributed by atoms with E-state index in [4.69, 9.17) is 17.3 Å². The third-order valence-corrected chi connectivity index (χ3v) is 2.82. The molecule has 2 aromatic rings. The lowest BCUT2D eigenvalue weighted by atomic mass is 10.2. The Morgan fingerprint density at radius 2 is 2.18 bits per heavy atom. The predicted molar refractivity (Wildman–Crippen MR) is 72.2 cm³/mol. The first-order valence-corrected chi connectivity index (χ1v) is 5.69. The Hall–Kier alpha value is -1.74. The molecule has 0 fully saturated rings. The Morgan fingerprint density at radius 1 is 1.35 bits per heavy atom. The van der Waals surface area contributed by atoms with Crippen molar-refractivity contribution >= 4 is 23.0 Å². The fraction of sp³-hybridized carbons (Fsp3) is 0.154. The molecule has 1 heterocycles. The second-order valence-corrected chi connectivity index (χ2v) is 4.34. The Bertz CT molecular complexity index is 514. The average Bonchev–Trinajstić information content (AvgIpc) is 2.29. The number of nitrogens with zero attached hydrogens (tertiary/aromatic N) is 2. The van der Waals surface area contributed by atoms with Crippen LogP contribution in [0.1, 0.15) is 5.56 Å². The molecule has 0 aliphatic carbocycles. The maximum Gasteiger partial charge on any atom is 0.0822 e. The zero-order valence-corrected chi connectivity index (χ0v) is 10.4. The maximum atomic E-state index is 6.09. The number of halogens is 1. The van der Waals surface area contributed by atoms with Crippen LogP contribution in [0.5, 0.6) is 0 Å². The molecular weight excluding hydrogens is 234 g/mol. The lowest BCUT2D eigenvalue weighted by molar-refractivity contribution is 0.921. The first-order chi connectivity index (χ1) is 8.16. The molecule has 0 spiro atoms. The smallest absolute Gasteiger partial charge is 0.0822 e. The van der Waals surface area contributed by atoms with Gasteiger partial charge in [0, 0.05) is 31.7 Å². The number of benzene rings is 1. The molecule has 3 nitrogen and oxygen atoms in total. The van der Waals surface area contributed by atoms with Gasteiger partial charge < -0.3 is 10.6 Å². The van der Waals surface area contributed by atoms with Crippen molar-refractivity contribution in [2.45, 2.75) is 6.54 Å². The normalized spacial score (nSPS) is 10.2. The fourth-order valence-corrected chi connectivity index (χ4v) is 1.99. The zero-order chi connectivity index (χ0) is 12.3. The highest BCUT2D eigenvalue weighted by Crippen LogP contribution is 2.24. The summed E-state index contributed by atoms with van der Waals surface area (Å²) in [6.45, 7) is 0.759. The molecule has 4 heteroatoms. The molecule has 0 saturated heterocycles. The number of pyridine rings is 1. The minimum absolute atomic E-state index is 0.652. The van der Waals surface area contributed by atoms with Gasteiger partial charge in [0.1, 0.15) is 0 Å². The van der Waals surface area contributed by atoms with Gasteiger partial charge >= 0.3 is 0 Å². The van der Waals surface area contributed by atoms with Crippen molar-refractivity contribution < 1.29 is 0 Å². The lowest BCUT2D eigenvalue weighted by Crippen LogP contribution is -2.16. The molecule has 0 aliphatic heterocycles. The highest BCUT2D eigenvalue weighted by Gasteiger charge is 2.06. The summed E-state index contributed by atoms with van der Waals surface area (Å²) < 4.78 is 0. The highest BCUT2D eigenvalue weighted by atomic mass is 35.5. The third kappa shape index (κ3) is 2.88. The quantitative estimate of drug-likeness (QED) is 0.848. The maximum absolute atomic E-state index is 6.09. The molecule has 2 N–H and O–H groups in total. The van der Waals surface area contributed by atoms with Crippen molar-refractivity contribution in [1.29, 1.82) is 0 Å². The van der Waals surface area contributed by atoms with Gasteiger partial charge in [-0.25, -0.2) is 0 Å². The summed E-state index contributed by atoms with van der Waals surface area (Å²) in [7, 11) is 1.99. The van der Waals surface area contributed by atoms with Crippen molar-refractivity contribution in [3.63, 3.8) is 0 Å². The van der Waals surface area contributed by atoms with E-state index in [-0.39, 0.29) is 0 Å². The summed E-state index contributed by atoms with van der Waals surface area (Å²) in [5.74, 6) is 0. The molecule has 0 unspecified atom stereocenters. The Balaban J connectivity index is 2.17. The fourth-order valence-electron chi connectivity index (χ4n) is 1.73. The number of hydrogen-bond donors (Lipinski definition) is 1. The molecule has 0 saturated carbocycles. The SMILES string of the molecule is CN(Cc1cccc(N)c1)c1ccncc1Cl. The standard InChI is InChI=1S/C13H14ClN3/c1-17(13-5-6-16-8-12(13)14)9-10-3-2-4-11(15)7-10/h2-8H,9,15H2,1H3. The first-order valence-electron chi connectivity index (χ1n) is 5.32. The number of aromatic nitrogens is 1. The van der Waals surface area contributed by atoms with Gasteiger partial charge in [0.15, 0.2) is 0 Å². The Morgan fingerprint density at radius 3 is 2.88 bits per heavy atom. The molecule has 1 aromatic heterocycles. The monoisotopic (exact) mass is 247 g/mol. The molecular formula is C13H14ClN3. The summed E-state index contributed by atoms with van der Waals surface area (Å²) in [6, 6.07) is 9.73. The zero-order valence-electron chi connectivity index (χ0n) is 9.60. The molecule has 1 aromatic carbocycles. The molecule has 2 rings (SSSR count). The van der Waals surface area contributed by atoms with E-state index in [0.717, 1.165) is 23.5 Å². The largest absolute Gasteiger partial charge is 0.399 e. The molecule has 0 radical (unpaired) electrons. The molecule has 0 aliphatic rings. The van der Waals surface area contributed by atoms with E-state index >= 15 is 0 Å². The third-order valence-electron chi connectivity index (χ3n) is 2.53. The van der Waals surface area contributed by atoms with E-state index < -0.39 is 0 Å². The van der Waals surface area contributed by atoms with Gasteiger partial charge in [0.25, 0.3) is 0 Å². The van der Waals surface area contributed by atoms with Gasteiger partial charge in [0.2, 0.25) is 0 Å². The van der Waals surface area contributed by atoms with Crippen LogP contribution in [0.15, 0.2) is 42.7 Å². The van der Waals surface area contributed by atoms with Gasteiger partial charge in [-0.15, -0.1) is 0 Å². The molecule has 0 atom stereocenters. The van der Waals surface area contributed by atoms with Crippen molar-refractivity contribution in [3.05, 3.63) is 53.3 Å². The Labute approximate surface area is 106 Å². The van der Waals surface area contributed by atoms with E-state index in [1.165, 1.54) is 0 Å². The van der Waals surface area contributed by atoms with Crippen LogP contribution < -0.4 is 10.6 Å². The van der Waals surface area contributed by atoms with Gasteiger partial charge in [-0.1, -0.05) is 23.7 Å². The summed E-state index contributed by atoms with van der Waals surface area (Å²) in [6.07, 6.45) is 3.38. The van der Waals surface area contributed by atoms with E-state index in [1.54, 1.807) is 12.4 Å². The van der Waals surface area contributed by atoms with E-state index in [1.807, 2.05) is 37.4 Å². The van der Waals surface area contributed by atoms with Crippen molar-refractivity contribution in [1.82, 2.24) is 4.98 Å². The van der Waals surface area contributed by atoms with Crippen LogP contribution in [0.4, 0.5) is 11.4 Å². The molecule has 17 heavy (non-hydrogen) atoms. The highest BCUT2D eigenvalue weighted by molar-refractivity contribution is 6.33. The van der Waals surface area contributed by atoms with Crippen LogP contribution in [0, 0.1) is 0 Å². The molecule has 0 bridgehead atoms. The topological polar surface area (TPSA) is 42.1 Å². The number of nitrogen functional groups attached to an aromatic ring is 1. The van der Waals surface area contributed by atoms with Gasteiger partial charge in [-0.05, 0) is 23.8 Å². The number of hydrogen-bond acceptors (Lipinski definition) is 3. The van der Waals surface area contributed by atoms with Crippen LogP contribution in [0.25, 0.3) is 0 Å².